The summed E-state index contributed by atoms with van der Waals surface area (Å²) in [4.78, 5) is 15.1. The number of nitrogens with zero attached hydrogens (tertiary/aromatic N) is 5. The number of hydrogen-bond acceptors (Lipinski definition) is 8. The number of fused-ring (bicyclic) bond motifs is 2. The van der Waals surface area contributed by atoms with Crippen LogP contribution in [0.2, 0.25) is 0 Å². The van der Waals surface area contributed by atoms with Gasteiger partial charge in [0.1, 0.15) is 42.1 Å². The zero-order chi connectivity index (χ0) is 22.5. The van der Waals surface area contributed by atoms with Gasteiger partial charge in [-0.15, -0.1) is 0 Å². The molecule has 0 spiro atoms. The van der Waals surface area contributed by atoms with Crippen LogP contribution < -0.4 is 21.1 Å². The number of nitrogen functional groups attached to an aromatic ring is 1. The lowest BCUT2D eigenvalue weighted by Crippen LogP contribution is -2.56. The Morgan fingerprint density at radius 2 is 2.00 bits per heavy atom. The van der Waals surface area contributed by atoms with Crippen molar-refractivity contribution >= 4 is 33.6 Å². The molecule has 0 bridgehead atoms. The maximum Gasteiger partial charge on any atom is 0.167 e. The van der Waals surface area contributed by atoms with E-state index in [4.69, 9.17) is 25.9 Å². The van der Waals surface area contributed by atoms with E-state index < -0.39 is 12.4 Å². The predicted octanol–water partition coefficient (Wildman–Crippen LogP) is 2.41. The molecule has 170 valence electrons. The topological polar surface area (TPSA) is 117 Å². The molecule has 4 N–H and O–H groups in total. The molecule has 9 nitrogen and oxygen atoms in total. The van der Waals surface area contributed by atoms with Crippen LogP contribution in [0, 0.1) is 0 Å². The molecular weight excluding hydrogens is 425 g/mol. The van der Waals surface area contributed by atoms with Crippen molar-refractivity contribution in [3.8, 4) is 5.75 Å². The molecule has 33 heavy (non-hydrogen) atoms. The van der Waals surface area contributed by atoms with E-state index in [1.165, 1.54) is 6.33 Å². The molecule has 0 aliphatic carbocycles. The fourth-order valence-electron chi connectivity index (χ4n) is 4.49. The monoisotopic (exact) mass is 449 g/mol. The van der Waals surface area contributed by atoms with Crippen LogP contribution >= 0.6 is 0 Å². The Labute approximate surface area is 189 Å². The molecule has 4 aromatic rings. The number of nitrogens with two attached hydrogens (primary N) is 2. The summed E-state index contributed by atoms with van der Waals surface area (Å²) in [6, 6.07) is 11.8. The smallest absolute Gasteiger partial charge is 0.167 e. The largest absolute Gasteiger partial charge is 0.491 e. The number of hydrogen-bond donors (Lipinski definition) is 2. The van der Waals surface area contributed by atoms with Gasteiger partial charge in [0, 0.05) is 43.2 Å². The van der Waals surface area contributed by atoms with Crippen LogP contribution in [-0.4, -0.2) is 57.5 Å². The van der Waals surface area contributed by atoms with Gasteiger partial charge in [-0.05, 0) is 30.3 Å². The van der Waals surface area contributed by atoms with E-state index >= 15 is 0 Å². The Kier molecular flexibility index (Phi) is 4.77. The maximum atomic E-state index is 14.9. The Morgan fingerprint density at radius 3 is 2.85 bits per heavy atom. The summed E-state index contributed by atoms with van der Waals surface area (Å²) in [5, 5.41) is 1.70. The average molecular weight is 449 g/mol. The molecule has 0 saturated carbocycles. The van der Waals surface area contributed by atoms with E-state index in [1.54, 1.807) is 16.8 Å². The van der Waals surface area contributed by atoms with Crippen molar-refractivity contribution in [2.24, 2.45) is 5.73 Å². The van der Waals surface area contributed by atoms with Crippen LogP contribution in [0.15, 0.2) is 48.9 Å². The van der Waals surface area contributed by atoms with Gasteiger partial charge in [0.15, 0.2) is 6.23 Å². The second kappa shape index (κ2) is 7.82. The first-order chi connectivity index (χ1) is 16.0. The second-order valence-corrected chi connectivity index (χ2v) is 8.62. The van der Waals surface area contributed by atoms with Gasteiger partial charge in [0.05, 0.1) is 17.0 Å². The van der Waals surface area contributed by atoms with Gasteiger partial charge in [-0.25, -0.2) is 19.3 Å². The number of alkyl halides is 1. The lowest BCUT2D eigenvalue weighted by atomic mass is 10.1. The van der Waals surface area contributed by atoms with E-state index in [9.17, 15) is 4.39 Å². The second-order valence-electron chi connectivity index (χ2n) is 8.62. The van der Waals surface area contributed by atoms with Crippen LogP contribution in [0.3, 0.4) is 0 Å². The van der Waals surface area contributed by atoms with Crippen LogP contribution in [-0.2, 0) is 4.74 Å². The molecule has 10 heteroatoms. The molecule has 2 aliphatic heterocycles. The third-order valence-corrected chi connectivity index (χ3v) is 6.26. The lowest BCUT2D eigenvalue weighted by molar-refractivity contribution is -0.0310. The van der Waals surface area contributed by atoms with Crippen LogP contribution in [0.25, 0.3) is 21.9 Å². The number of rotatable bonds is 5. The van der Waals surface area contributed by atoms with Gasteiger partial charge < -0.3 is 30.4 Å². The number of halogens is 1. The molecule has 1 aromatic carbocycles. The molecule has 0 amide bonds. The maximum absolute atomic E-state index is 14.9. The van der Waals surface area contributed by atoms with Gasteiger partial charge in [0.25, 0.3) is 0 Å². The number of anilines is 2. The van der Waals surface area contributed by atoms with Crippen molar-refractivity contribution in [1.82, 2.24) is 19.5 Å². The van der Waals surface area contributed by atoms with Crippen molar-refractivity contribution in [3.63, 3.8) is 0 Å². The van der Waals surface area contributed by atoms with Gasteiger partial charge in [0.2, 0.25) is 0 Å². The van der Waals surface area contributed by atoms with E-state index in [0.29, 0.717) is 22.6 Å². The molecule has 3 aromatic heterocycles. The Hall–Kier alpha value is -3.50. The van der Waals surface area contributed by atoms with Gasteiger partial charge >= 0.3 is 0 Å². The summed E-state index contributed by atoms with van der Waals surface area (Å²) >= 11 is 0. The van der Waals surface area contributed by atoms with Crippen molar-refractivity contribution in [3.05, 3.63) is 48.9 Å². The normalized spacial score (nSPS) is 23.3. The number of pyridine rings is 1. The summed E-state index contributed by atoms with van der Waals surface area (Å²) in [7, 11) is 0. The minimum Gasteiger partial charge on any atom is -0.491 e. The molecule has 2 saturated heterocycles. The van der Waals surface area contributed by atoms with Gasteiger partial charge in [-0.1, -0.05) is 0 Å². The quantitative estimate of drug-likeness (QED) is 0.477. The molecular formula is C23H24FN7O2. The van der Waals surface area contributed by atoms with Crippen molar-refractivity contribution in [2.75, 3.05) is 30.3 Å². The molecule has 2 aliphatic rings. The SMILES string of the molecule is Nc1ncnc2c1ccn2[C@@H]1O[C@H](COc2ccc3ccc(N4CC(N)C4)nc3c2)C[C@@H]1F. The number of benzene rings is 1. The van der Waals surface area contributed by atoms with Crippen LogP contribution in [0.4, 0.5) is 16.0 Å². The number of aromatic nitrogens is 4. The molecule has 0 unspecified atom stereocenters. The van der Waals surface area contributed by atoms with E-state index in [1.807, 2.05) is 30.3 Å². The molecule has 6 rings (SSSR count). The summed E-state index contributed by atoms with van der Waals surface area (Å²) < 4.78 is 28.5. The summed E-state index contributed by atoms with van der Waals surface area (Å²) in [6.45, 7) is 1.86. The highest BCUT2D eigenvalue weighted by Gasteiger charge is 2.37. The van der Waals surface area contributed by atoms with Crippen molar-refractivity contribution in [1.29, 1.82) is 0 Å². The fourth-order valence-corrected chi connectivity index (χ4v) is 4.49. The predicted molar refractivity (Wildman–Crippen MR) is 123 cm³/mol. The minimum absolute atomic E-state index is 0.209. The molecule has 0 radical (unpaired) electrons. The third kappa shape index (κ3) is 3.61. The Morgan fingerprint density at radius 1 is 1.15 bits per heavy atom. The van der Waals surface area contributed by atoms with E-state index in [0.717, 1.165) is 29.8 Å². The highest BCUT2D eigenvalue weighted by molar-refractivity contribution is 5.86. The van der Waals surface area contributed by atoms with Crippen molar-refractivity contribution < 1.29 is 13.9 Å². The Balaban J connectivity index is 1.15. The highest BCUT2D eigenvalue weighted by Crippen LogP contribution is 2.35. The van der Waals surface area contributed by atoms with Gasteiger partial charge in [-0.3, -0.25) is 0 Å². The zero-order valence-electron chi connectivity index (χ0n) is 17.8. The average Bonchev–Trinajstić information content (AvgIpc) is 3.39. The summed E-state index contributed by atoms with van der Waals surface area (Å²) in [5.41, 5.74) is 13.2. The van der Waals surface area contributed by atoms with E-state index in [2.05, 4.69) is 14.9 Å². The lowest BCUT2D eigenvalue weighted by Gasteiger charge is -2.37. The molecule has 3 atom stereocenters. The van der Waals surface area contributed by atoms with Crippen LogP contribution in [0.5, 0.6) is 5.75 Å². The zero-order valence-corrected chi connectivity index (χ0v) is 17.8. The molecule has 2 fully saturated rings. The Bertz CT molecular complexity index is 1320. The number of ether oxygens (including phenoxy) is 2. The van der Waals surface area contributed by atoms with E-state index in [-0.39, 0.29) is 25.2 Å². The third-order valence-electron chi connectivity index (χ3n) is 6.26. The first-order valence-electron chi connectivity index (χ1n) is 11.0. The summed E-state index contributed by atoms with van der Waals surface area (Å²) in [6.07, 6.45) is 0.971. The first-order valence-corrected chi connectivity index (χ1v) is 11.0. The van der Waals surface area contributed by atoms with Crippen molar-refractivity contribution in [2.45, 2.75) is 31.0 Å². The van der Waals surface area contributed by atoms with Gasteiger partial charge in [-0.2, -0.15) is 0 Å². The fraction of sp³-hybridized carbons (Fsp3) is 0.348. The summed E-state index contributed by atoms with van der Waals surface area (Å²) in [5.74, 6) is 1.94. The first kappa shape index (κ1) is 20.1. The highest BCUT2D eigenvalue weighted by atomic mass is 19.1. The molecule has 5 heterocycles. The van der Waals surface area contributed by atoms with Crippen LogP contribution in [0.1, 0.15) is 12.6 Å². The minimum atomic E-state index is -1.19. The standard InChI is InChI=1S/C23H24FN7O2/c24-18-7-16(33-23(18)31-6-5-17-21(26)27-12-28-22(17)31)11-32-15-3-1-13-2-4-20(29-19(13)8-15)30-9-14(25)10-30/h1-6,8,12,14,16,18,23H,7,9-11,25H2,(H2,26,27,28)/t16-,18-,23+/m0/s1.